The molecule has 0 radical (unpaired) electrons. The zero-order chi connectivity index (χ0) is 10.1. The first-order valence-corrected chi connectivity index (χ1v) is 4.58. The first kappa shape index (κ1) is 13.8. The zero-order valence-electron chi connectivity index (χ0n) is 8.68. The fraction of sp³-hybridized carbons (Fsp3) is 0.700. The van der Waals surface area contributed by atoms with Gasteiger partial charge in [0.15, 0.2) is 0 Å². The maximum atomic E-state index is 10.5. The molecule has 0 heterocycles. The largest absolute Gasteiger partial charge is 0.366 e. The normalized spacial score (nSPS) is 11.0. The second kappa shape index (κ2) is 8.31. The van der Waals surface area contributed by atoms with Gasteiger partial charge in [-0.3, -0.25) is 4.79 Å². The van der Waals surface area contributed by atoms with Crippen LogP contribution in [0.3, 0.4) is 0 Å². The highest BCUT2D eigenvalue weighted by molar-refractivity contribution is 5.91. The van der Waals surface area contributed by atoms with E-state index in [0.29, 0.717) is 5.57 Å². The van der Waals surface area contributed by atoms with Gasteiger partial charge in [-0.1, -0.05) is 40.7 Å². The molecule has 12 heavy (non-hydrogen) atoms. The summed E-state index contributed by atoms with van der Waals surface area (Å²) in [4.78, 5) is 10.5. The number of hydrogen-bond donors (Lipinski definition) is 1. The first-order chi connectivity index (χ1) is 5.59. The fourth-order valence-corrected chi connectivity index (χ4v) is 0.850. The van der Waals surface area contributed by atoms with Gasteiger partial charge in [0.25, 0.3) is 0 Å². The van der Waals surface area contributed by atoms with Gasteiger partial charge in [0.05, 0.1) is 0 Å². The van der Waals surface area contributed by atoms with Crippen molar-refractivity contribution >= 4 is 5.91 Å². The van der Waals surface area contributed by atoms with Crippen molar-refractivity contribution in [2.75, 3.05) is 0 Å². The van der Waals surface area contributed by atoms with Crippen LogP contribution in [0.15, 0.2) is 12.2 Å². The van der Waals surface area contributed by atoms with E-state index in [9.17, 15) is 4.79 Å². The summed E-state index contributed by atoms with van der Waals surface area (Å²) in [5, 5.41) is 0. The number of amides is 1. The molecular weight excluding hydrogens is 150 g/mol. The van der Waals surface area contributed by atoms with E-state index in [1.165, 1.54) is 0 Å². The number of nitrogens with two attached hydrogens (primary N) is 1. The summed E-state index contributed by atoms with van der Waals surface area (Å²) in [5.41, 5.74) is 5.57. The Morgan fingerprint density at radius 2 is 1.92 bits per heavy atom. The van der Waals surface area contributed by atoms with Crippen molar-refractivity contribution in [2.24, 2.45) is 11.7 Å². The van der Waals surface area contributed by atoms with E-state index in [1.807, 2.05) is 20.8 Å². The van der Waals surface area contributed by atoms with Gasteiger partial charge in [-0.2, -0.15) is 0 Å². The monoisotopic (exact) mass is 171 g/mol. The third-order valence-electron chi connectivity index (χ3n) is 1.63. The zero-order valence-corrected chi connectivity index (χ0v) is 8.68. The standard InChI is InChI=1S/C8H15NO.C2H6/c1-4-5-6(2)7(3)8(9)10;1-2/h6H,3-5H2,1-2H3,(H2,9,10);1-2H3. The lowest BCUT2D eigenvalue weighted by atomic mass is 9.97. The molecule has 2 N–H and O–H groups in total. The fourth-order valence-electron chi connectivity index (χ4n) is 0.850. The summed E-state index contributed by atoms with van der Waals surface area (Å²) < 4.78 is 0. The molecule has 2 nitrogen and oxygen atoms in total. The Bertz CT molecular complexity index is 141. The Morgan fingerprint density at radius 3 is 2.17 bits per heavy atom. The Balaban J connectivity index is 0. The van der Waals surface area contributed by atoms with Crippen molar-refractivity contribution in [2.45, 2.75) is 40.5 Å². The van der Waals surface area contributed by atoms with Crippen LogP contribution < -0.4 is 5.73 Å². The highest BCUT2D eigenvalue weighted by atomic mass is 16.1. The average Bonchev–Trinajstić information content (AvgIpc) is 2.07. The molecule has 0 aliphatic heterocycles. The Hall–Kier alpha value is -0.790. The van der Waals surface area contributed by atoms with Crippen molar-refractivity contribution in [1.29, 1.82) is 0 Å². The molecule has 0 aromatic carbocycles. The van der Waals surface area contributed by atoms with Crippen molar-refractivity contribution in [3.8, 4) is 0 Å². The number of hydrogen-bond acceptors (Lipinski definition) is 1. The molecule has 1 amide bonds. The van der Waals surface area contributed by atoms with Gasteiger partial charge < -0.3 is 5.73 Å². The van der Waals surface area contributed by atoms with Crippen molar-refractivity contribution in [3.63, 3.8) is 0 Å². The lowest BCUT2D eigenvalue weighted by Gasteiger charge is -2.08. The van der Waals surface area contributed by atoms with E-state index >= 15 is 0 Å². The van der Waals surface area contributed by atoms with Gasteiger partial charge >= 0.3 is 0 Å². The smallest absolute Gasteiger partial charge is 0.244 e. The minimum atomic E-state index is -0.374. The molecule has 0 saturated heterocycles. The van der Waals surface area contributed by atoms with E-state index in [0.717, 1.165) is 12.8 Å². The van der Waals surface area contributed by atoms with Crippen LogP contribution in [0.2, 0.25) is 0 Å². The summed E-state index contributed by atoms with van der Waals surface area (Å²) in [5.74, 6) is -0.136. The molecule has 0 aliphatic rings. The molecular formula is C10H21NO. The highest BCUT2D eigenvalue weighted by Crippen LogP contribution is 2.13. The molecule has 0 bridgehead atoms. The van der Waals surface area contributed by atoms with Crippen LogP contribution in [0.4, 0.5) is 0 Å². The predicted molar refractivity (Wildman–Crippen MR) is 53.8 cm³/mol. The molecule has 1 atom stereocenters. The van der Waals surface area contributed by atoms with Gasteiger partial charge in [0, 0.05) is 5.57 Å². The predicted octanol–water partition coefficient (Wildman–Crippen LogP) is 2.49. The van der Waals surface area contributed by atoms with Gasteiger partial charge in [-0.15, -0.1) is 0 Å². The minimum absolute atomic E-state index is 0.238. The summed E-state index contributed by atoms with van der Waals surface area (Å²) in [6, 6.07) is 0. The topological polar surface area (TPSA) is 43.1 Å². The number of rotatable bonds is 4. The summed E-state index contributed by atoms with van der Waals surface area (Å²) >= 11 is 0. The molecule has 0 spiro atoms. The lowest BCUT2D eigenvalue weighted by Crippen LogP contribution is -2.17. The third kappa shape index (κ3) is 5.96. The number of primary amides is 1. The first-order valence-electron chi connectivity index (χ1n) is 4.58. The van der Waals surface area contributed by atoms with Crippen LogP contribution in [0.5, 0.6) is 0 Å². The van der Waals surface area contributed by atoms with Crippen LogP contribution in [0, 0.1) is 5.92 Å². The van der Waals surface area contributed by atoms with E-state index in [4.69, 9.17) is 5.73 Å². The van der Waals surface area contributed by atoms with Gasteiger partial charge in [-0.05, 0) is 12.3 Å². The summed E-state index contributed by atoms with van der Waals surface area (Å²) in [6.07, 6.45) is 2.05. The van der Waals surface area contributed by atoms with Crippen molar-refractivity contribution in [1.82, 2.24) is 0 Å². The van der Waals surface area contributed by atoms with Crippen molar-refractivity contribution < 1.29 is 4.79 Å². The van der Waals surface area contributed by atoms with E-state index < -0.39 is 0 Å². The molecule has 0 aromatic rings. The molecule has 2 heteroatoms. The molecule has 1 unspecified atom stereocenters. The molecule has 0 aromatic heterocycles. The van der Waals surface area contributed by atoms with Crippen LogP contribution in [-0.4, -0.2) is 5.91 Å². The SMILES string of the molecule is C=C(C(N)=O)C(C)CCC.CC. The Labute approximate surface area is 75.8 Å². The number of carbonyl (C=O) groups excluding carboxylic acids is 1. The number of carbonyl (C=O) groups is 1. The average molecular weight is 171 g/mol. The highest BCUT2D eigenvalue weighted by Gasteiger charge is 2.09. The van der Waals surface area contributed by atoms with Gasteiger partial charge in [0.1, 0.15) is 0 Å². The van der Waals surface area contributed by atoms with Gasteiger partial charge in [0.2, 0.25) is 5.91 Å². The van der Waals surface area contributed by atoms with E-state index in [-0.39, 0.29) is 11.8 Å². The van der Waals surface area contributed by atoms with Crippen LogP contribution in [0.1, 0.15) is 40.5 Å². The summed E-state index contributed by atoms with van der Waals surface area (Å²) in [6.45, 7) is 11.6. The van der Waals surface area contributed by atoms with Crippen LogP contribution in [0.25, 0.3) is 0 Å². The molecule has 0 fully saturated rings. The summed E-state index contributed by atoms with van der Waals surface area (Å²) in [7, 11) is 0. The maximum Gasteiger partial charge on any atom is 0.244 e. The van der Waals surface area contributed by atoms with Gasteiger partial charge in [-0.25, -0.2) is 0 Å². The molecule has 0 saturated carbocycles. The third-order valence-corrected chi connectivity index (χ3v) is 1.63. The molecule has 0 rings (SSSR count). The van der Waals surface area contributed by atoms with E-state index in [2.05, 4.69) is 13.5 Å². The maximum absolute atomic E-state index is 10.5. The quantitative estimate of drug-likeness (QED) is 0.649. The van der Waals surface area contributed by atoms with E-state index in [1.54, 1.807) is 0 Å². The minimum Gasteiger partial charge on any atom is -0.366 e. The Morgan fingerprint density at radius 1 is 1.50 bits per heavy atom. The second-order valence-electron chi connectivity index (χ2n) is 2.58. The molecule has 0 aliphatic carbocycles. The van der Waals surface area contributed by atoms with Crippen LogP contribution >= 0.6 is 0 Å². The van der Waals surface area contributed by atoms with Crippen LogP contribution in [-0.2, 0) is 4.79 Å². The second-order valence-corrected chi connectivity index (χ2v) is 2.58. The Kier molecular flexibility index (Phi) is 9.54. The lowest BCUT2D eigenvalue weighted by molar-refractivity contribution is -0.115. The van der Waals surface area contributed by atoms with Crippen molar-refractivity contribution in [3.05, 3.63) is 12.2 Å². The molecule has 72 valence electrons.